The Bertz CT molecular complexity index is 397. The molecule has 0 saturated heterocycles. The molecule has 1 heterocycles. The highest BCUT2D eigenvalue weighted by Crippen LogP contribution is 2.27. The van der Waals surface area contributed by atoms with E-state index < -0.39 is 17.6 Å². The number of alkyl halides is 3. The normalized spacial score (nSPS) is 12.9. The van der Waals surface area contributed by atoms with E-state index in [1.807, 2.05) is 0 Å². The Balaban J connectivity index is 3.03. The molecule has 0 atom stereocenters. The maximum absolute atomic E-state index is 12.5. The lowest BCUT2D eigenvalue weighted by atomic mass is 10.3. The molecule has 0 amide bonds. The molecular formula is C9H9F3N4. The predicted molar refractivity (Wildman–Crippen MR) is 53.9 cm³/mol. The summed E-state index contributed by atoms with van der Waals surface area (Å²) in [6, 6.07) is 2.73. The lowest BCUT2D eigenvalue weighted by Crippen LogP contribution is -2.24. The highest BCUT2D eigenvalue weighted by Gasteiger charge is 2.36. The first-order valence-corrected chi connectivity index (χ1v) is 4.19. The van der Waals surface area contributed by atoms with E-state index in [2.05, 4.69) is 10.3 Å². The van der Waals surface area contributed by atoms with Gasteiger partial charge in [-0.05, 0) is 12.1 Å². The standard InChI is InChI=1S/C9H9F3N4/c10-9(11,12)8(7(14)5-13)16-6-1-3-15-4-2-6/h1-5,13H,14H2,(H,15,16)/b8-7+,13-5?. The minimum absolute atomic E-state index is 0.201. The van der Waals surface area contributed by atoms with Crippen molar-refractivity contribution in [3.63, 3.8) is 0 Å². The number of hydrogen-bond acceptors (Lipinski definition) is 4. The SMILES string of the molecule is N=C/C(N)=C(\Nc1ccncc1)C(F)(F)F. The van der Waals surface area contributed by atoms with Gasteiger partial charge in [0.15, 0.2) is 0 Å². The highest BCUT2D eigenvalue weighted by atomic mass is 19.4. The second-order valence-corrected chi connectivity index (χ2v) is 2.83. The van der Waals surface area contributed by atoms with Crippen molar-refractivity contribution in [2.75, 3.05) is 5.32 Å². The van der Waals surface area contributed by atoms with Gasteiger partial charge in [0.05, 0.1) is 5.70 Å². The number of nitrogens with two attached hydrogens (primary N) is 1. The van der Waals surface area contributed by atoms with E-state index in [1.54, 1.807) is 0 Å². The van der Waals surface area contributed by atoms with Crippen LogP contribution in [-0.2, 0) is 0 Å². The van der Waals surface area contributed by atoms with Gasteiger partial charge in [-0.3, -0.25) is 4.98 Å². The molecule has 0 bridgehead atoms. The van der Waals surface area contributed by atoms with Gasteiger partial charge in [0.1, 0.15) is 5.70 Å². The third-order valence-corrected chi connectivity index (χ3v) is 1.68. The lowest BCUT2D eigenvalue weighted by molar-refractivity contribution is -0.0907. The van der Waals surface area contributed by atoms with Crippen LogP contribution in [0.4, 0.5) is 18.9 Å². The Labute approximate surface area is 89.5 Å². The average molecular weight is 230 g/mol. The zero-order valence-corrected chi connectivity index (χ0v) is 8.05. The molecule has 1 rings (SSSR count). The quantitative estimate of drug-likeness (QED) is 0.694. The second-order valence-electron chi connectivity index (χ2n) is 2.83. The summed E-state index contributed by atoms with van der Waals surface area (Å²) in [5, 5.41) is 8.83. The van der Waals surface area contributed by atoms with Crippen LogP contribution in [0.2, 0.25) is 0 Å². The minimum atomic E-state index is -4.63. The number of anilines is 1. The van der Waals surface area contributed by atoms with E-state index in [0.717, 1.165) is 0 Å². The van der Waals surface area contributed by atoms with E-state index in [4.69, 9.17) is 11.1 Å². The molecular weight excluding hydrogens is 221 g/mol. The van der Waals surface area contributed by atoms with Crippen molar-refractivity contribution in [1.82, 2.24) is 4.98 Å². The maximum atomic E-state index is 12.5. The fraction of sp³-hybridized carbons (Fsp3) is 0.111. The molecule has 0 aliphatic carbocycles. The Kier molecular flexibility index (Phi) is 3.49. The Morgan fingerprint density at radius 1 is 1.38 bits per heavy atom. The number of hydrogen-bond donors (Lipinski definition) is 3. The van der Waals surface area contributed by atoms with Gasteiger partial charge in [0, 0.05) is 24.3 Å². The zero-order valence-electron chi connectivity index (χ0n) is 8.05. The van der Waals surface area contributed by atoms with Crippen molar-refractivity contribution < 1.29 is 13.2 Å². The summed E-state index contributed by atoms with van der Waals surface area (Å²) in [7, 11) is 0. The van der Waals surface area contributed by atoms with E-state index >= 15 is 0 Å². The Hall–Kier alpha value is -2.05. The molecule has 16 heavy (non-hydrogen) atoms. The van der Waals surface area contributed by atoms with E-state index in [0.29, 0.717) is 6.21 Å². The van der Waals surface area contributed by atoms with Crippen molar-refractivity contribution >= 4 is 11.9 Å². The molecule has 4 N–H and O–H groups in total. The smallest absolute Gasteiger partial charge is 0.396 e. The van der Waals surface area contributed by atoms with Crippen LogP contribution in [-0.4, -0.2) is 17.4 Å². The van der Waals surface area contributed by atoms with Crippen LogP contribution in [0.5, 0.6) is 0 Å². The van der Waals surface area contributed by atoms with Crippen LogP contribution in [0.25, 0.3) is 0 Å². The van der Waals surface area contributed by atoms with Crippen molar-refractivity contribution in [2.45, 2.75) is 6.18 Å². The van der Waals surface area contributed by atoms with Crippen LogP contribution in [0.15, 0.2) is 35.9 Å². The molecule has 0 unspecified atom stereocenters. The number of pyridine rings is 1. The number of nitrogens with zero attached hydrogens (tertiary/aromatic N) is 1. The van der Waals surface area contributed by atoms with E-state index in [-0.39, 0.29) is 5.69 Å². The molecule has 7 heteroatoms. The maximum Gasteiger partial charge on any atom is 0.433 e. The van der Waals surface area contributed by atoms with E-state index in [1.165, 1.54) is 24.5 Å². The largest absolute Gasteiger partial charge is 0.433 e. The summed E-state index contributed by atoms with van der Waals surface area (Å²) in [4.78, 5) is 3.67. The number of allylic oxidation sites excluding steroid dienone is 2. The first-order chi connectivity index (χ1) is 7.45. The molecule has 0 radical (unpaired) electrons. The van der Waals surface area contributed by atoms with Gasteiger partial charge in [-0.1, -0.05) is 0 Å². The molecule has 1 aromatic rings. The molecule has 0 spiro atoms. The predicted octanol–water partition coefficient (Wildman–Crippen LogP) is 1.88. The number of aromatic nitrogens is 1. The third kappa shape index (κ3) is 2.97. The van der Waals surface area contributed by atoms with Gasteiger partial charge in [-0.25, -0.2) is 0 Å². The summed E-state index contributed by atoms with van der Waals surface area (Å²) < 4.78 is 37.6. The fourth-order valence-corrected chi connectivity index (χ4v) is 0.958. The molecule has 0 saturated carbocycles. The second kappa shape index (κ2) is 4.65. The summed E-state index contributed by atoms with van der Waals surface area (Å²) in [5.41, 5.74) is 3.46. The molecule has 0 aliphatic heterocycles. The Morgan fingerprint density at radius 2 is 1.94 bits per heavy atom. The van der Waals surface area contributed by atoms with Gasteiger partial charge < -0.3 is 16.5 Å². The van der Waals surface area contributed by atoms with Crippen molar-refractivity contribution in [1.29, 1.82) is 5.41 Å². The molecule has 0 fully saturated rings. The van der Waals surface area contributed by atoms with Crippen LogP contribution in [0, 0.1) is 5.41 Å². The number of nitrogens with one attached hydrogen (secondary N) is 2. The van der Waals surface area contributed by atoms with Crippen molar-refractivity contribution in [3.8, 4) is 0 Å². The van der Waals surface area contributed by atoms with Crippen molar-refractivity contribution in [2.24, 2.45) is 5.73 Å². The third-order valence-electron chi connectivity index (χ3n) is 1.68. The molecule has 0 aromatic carbocycles. The van der Waals surface area contributed by atoms with Crippen LogP contribution >= 0.6 is 0 Å². The average Bonchev–Trinajstić information content (AvgIpc) is 2.25. The van der Waals surface area contributed by atoms with Gasteiger partial charge in [-0.15, -0.1) is 0 Å². The molecule has 4 nitrogen and oxygen atoms in total. The summed E-state index contributed by atoms with van der Waals surface area (Å²) in [5.74, 6) is 0. The van der Waals surface area contributed by atoms with Gasteiger partial charge in [-0.2, -0.15) is 13.2 Å². The van der Waals surface area contributed by atoms with Gasteiger partial charge >= 0.3 is 6.18 Å². The first kappa shape index (κ1) is 12.0. The highest BCUT2D eigenvalue weighted by molar-refractivity contribution is 5.77. The van der Waals surface area contributed by atoms with Gasteiger partial charge in [0.25, 0.3) is 0 Å². The van der Waals surface area contributed by atoms with E-state index in [9.17, 15) is 13.2 Å². The topological polar surface area (TPSA) is 74.8 Å². The number of rotatable bonds is 3. The monoisotopic (exact) mass is 230 g/mol. The minimum Gasteiger partial charge on any atom is -0.396 e. The van der Waals surface area contributed by atoms with Crippen molar-refractivity contribution in [3.05, 3.63) is 35.9 Å². The summed E-state index contributed by atoms with van der Waals surface area (Å²) in [6.07, 6.45) is -1.50. The summed E-state index contributed by atoms with van der Waals surface area (Å²) in [6.45, 7) is 0. The number of halogens is 3. The van der Waals surface area contributed by atoms with Gasteiger partial charge in [0.2, 0.25) is 0 Å². The Morgan fingerprint density at radius 3 is 2.38 bits per heavy atom. The van der Waals surface area contributed by atoms with Crippen LogP contribution in [0.3, 0.4) is 0 Å². The van der Waals surface area contributed by atoms with Crippen LogP contribution in [0.1, 0.15) is 0 Å². The molecule has 1 aromatic heterocycles. The fourth-order valence-electron chi connectivity index (χ4n) is 0.958. The first-order valence-electron chi connectivity index (χ1n) is 4.19. The molecule has 0 aliphatic rings. The molecule has 86 valence electrons. The van der Waals surface area contributed by atoms with Crippen LogP contribution < -0.4 is 11.1 Å². The lowest BCUT2D eigenvalue weighted by Gasteiger charge is -2.15. The zero-order chi connectivity index (χ0) is 12.2. The summed E-state index contributed by atoms with van der Waals surface area (Å²) >= 11 is 0.